The number of aliphatic hydroxyl groups excluding tert-OH is 1. The summed E-state index contributed by atoms with van der Waals surface area (Å²) in [5, 5.41) is 11.3. The number of rotatable bonds is 6. The summed E-state index contributed by atoms with van der Waals surface area (Å²) < 4.78 is 21.8. The van der Waals surface area contributed by atoms with E-state index < -0.39 is 17.7 Å². The van der Waals surface area contributed by atoms with Crippen LogP contribution in [0.25, 0.3) is 5.76 Å². The third kappa shape index (κ3) is 3.97. The molecule has 34 heavy (non-hydrogen) atoms. The van der Waals surface area contributed by atoms with Gasteiger partial charge in [-0.3, -0.25) is 9.59 Å². The van der Waals surface area contributed by atoms with Crippen molar-refractivity contribution in [2.75, 3.05) is 53.3 Å². The van der Waals surface area contributed by atoms with Gasteiger partial charge < -0.3 is 33.9 Å². The maximum Gasteiger partial charge on any atom is 0.295 e. The first-order chi connectivity index (χ1) is 16.6. The van der Waals surface area contributed by atoms with Gasteiger partial charge in [-0.15, -0.1) is 0 Å². The Balaban J connectivity index is 1.56. The van der Waals surface area contributed by atoms with Gasteiger partial charge in [-0.05, 0) is 24.3 Å². The topological polar surface area (TPSA) is 99.0 Å². The third-order valence-corrected chi connectivity index (χ3v) is 6.53. The van der Waals surface area contributed by atoms with Crippen LogP contribution in [0.15, 0.2) is 48.0 Å². The van der Waals surface area contributed by atoms with Crippen LogP contribution in [0, 0.1) is 0 Å². The monoisotopic (exact) mass is 467 g/mol. The predicted molar refractivity (Wildman–Crippen MR) is 121 cm³/mol. The summed E-state index contributed by atoms with van der Waals surface area (Å²) in [4.78, 5) is 29.3. The van der Waals surface area contributed by atoms with Crippen LogP contribution >= 0.6 is 0 Å². The molecule has 0 aromatic heterocycles. The second-order valence-electron chi connectivity index (χ2n) is 8.41. The van der Waals surface area contributed by atoms with E-state index in [4.69, 9.17) is 18.9 Å². The lowest BCUT2D eigenvalue weighted by molar-refractivity contribution is -0.907. The molecule has 3 heterocycles. The molecule has 5 rings (SSSR count). The molecule has 178 valence electrons. The Kier molecular flexibility index (Phi) is 6.12. The second kappa shape index (κ2) is 9.36. The van der Waals surface area contributed by atoms with E-state index in [1.54, 1.807) is 36.3 Å². The summed E-state index contributed by atoms with van der Waals surface area (Å²) in [5.74, 6) is -0.0350. The molecular formula is C25H27N2O7+. The normalized spacial score (nSPS) is 21.8. The summed E-state index contributed by atoms with van der Waals surface area (Å²) in [6.45, 7) is 4.17. The molecule has 2 saturated heterocycles. The number of amides is 1. The average molecular weight is 467 g/mol. The number of hydrogen-bond donors (Lipinski definition) is 2. The van der Waals surface area contributed by atoms with Crippen molar-refractivity contribution in [3.8, 4) is 17.2 Å². The lowest BCUT2D eigenvalue weighted by Crippen LogP contribution is -3.14. The van der Waals surface area contributed by atoms with E-state index in [1.165, 1.54) is 4.90 Å². The quantitative estimate of drug-likeness (QED) is 0.368. The fourth-order valence-electron chi connectivity index (χ4n) is 4.71. The molecule has 2 N–H and O–H groups in total. The Morgan fingerprint density at radius 2 is 1.88 bits per heavy atom. The number of para-hydroxylation sites is 1. The van der Waals surface area contributed by atoms with Crippen LogP contribution in [0.2, 0.25) is 0 Å². The van der Waals surface area contributed by atoms with Gasteiger partial charge in [-0.1, -0.05) is 18.2 Å². The summed E-state index contributed by atoms with van der Waals surface area (Å²) >= 11 is 0. The van der Waals surface area contributed by atoms with E-state index in [0.717, 1.165) is 13.1 Å². The number of hydrogen-bond acceptors (Lipinski definition) is 7. The highest BCUT2D eigenvalue weighted by molar-refractivity contribution is 6.46. The van der Waals surface area contributed by atoms with Gasteiger partial charge in [0.1, 0.15) is 24.6 Å². The highest BCUT2D eigenvalue weighted by Crippen LogP contribution is 2.43. The fraction of sp³-hybridized carbons (Fsp3) is 0.360. The van der Waals surface area contributed by atoms with Crippen molar-refractivity contribution in [3.05, 3.63) is 59.2 Å². The van der Waals surface area contributed by atoms with Crippen molar-refractivity contribution < 1.29 is 38.5 Å². The molecule has 2 aromatic rings. The minimum atomic E-state index is -0.776. The van der Waals surface area contributed by atoms with Gasteiger partial charge in [0.15, 0.2) is 11.5 Å². The van der Waals surface area contributed by atoms with Gasteiger partial charge >= 0.3 is 0 Å². The Morgan fingerprint density at radius 1 is 1.12 bits per heavy atom. The minimum Gasteiger partial charge on any atom is -0.507 e. The summed E-state index contributed by atoms with van der Waals surface area (Å²) in [7, 11) is 1.54. The van der Waals surface area contributed by atoms with Gasteiger partial charge in [-0.2, -0.15) is 0 Å². The molecule has 3 aliphatic rings. The number of nitrogens with one attached hydrogen (secondary N) is 1. The molecule has 2 aromatic carbocycles. The maximum atomic E-state index is 13.3. The first-order valence-corrected chi connectivity index (χ1v) is 11.3. The maximum absolute atomic E-state index is 13.3. The lowest BCUT2D eigenvalue weighted by atomic mass is 9.94. The van der Waals surface area contributed by atoms with Gasteiger partial charge in [0, 0.05) is 11.1 Å². The van der Waals surface area contributed by atoms with E-state index in [9.17, 15) is 14.7 Å². The van der Waals surface area contributed by atoms with E-state index in [0.29, 0.717) is 54.7 Å². The zero-order valence-electron chi connectivity index (χ0n) is 18.9. The van der Waals surface area contributed by atoms with Crippen molar-refractivity contribution in [3.63, 3.8) is 0 Å². The second-order valence-corrected chi connectivity index (χ2v) is 8.41. The number of carbonyl (C=O) groups excluding carboxylic acids is 2. The van der Waals surface area contributed by atoms with Crippen molar-refractivity contribution in [2.45, 2.75) is 6.04 Å². The molecule has 0 radical (unpaired) electrons. The number of ether oxygens (including phenoxy) is 4. The standard InChI is InChI=1S/C25H26N2O7/c1-31-18-5-3-2-4-17(18)22-21(23(28)16-6-7-19-20(14-16)34-15-33-19)24(29)25(30)27(22)9-8-26-10-12-32-13-11-26/h2-7,14,22,28H,8-13,15H2,1H3/p+1/t22-/m1/s1. The Bertz CT molecular complexity index is 1140. The van der Waals surface area contributed by atoms with E-state index in [2.05, 4.69) is 0 Å². The molecule has 0 saturated carbocycles. The van der Waals surface area contributed by atoms with E-state index in [1.807, 2.05) is 18.2 Å². The number of benzene rings is 2. The average Bonchev–Trinajstić information content (AvgIpc) is 3.45. The Morgan fingerprint density at radius 3 is 2.68 bits per heavy atom. The molecule has 0 bridgehead atoms. The molecule has 1 atom stereocenters. The van der Waals surface area contributed by atoms with Gasteiger partial charge in [0.2, 0.25) is 6.79 Å². The minimum absolute atomic E-state index is 0.0327. The summed E-state index contributed by atoms with van der Waals surface area (Å²) in [5.41, 5.74) is 1.05. The van der Waals surface area contributed by atoms with Crippen LogP contribution in [0.3, 0.4) is 0 Å². The number of Topliss-reactive ketones (excluding diaryl/α,β-unsaturated/α-hetero) is 1. The molecule has 9 nitrogen and oxygen atoms in total. The van der Waals surface area contributed by atoms with Crippen LogP contribution in [0.1, 0.15) is 17.2 Å². The van der Waals surface area contributed by atoms with Crippen LogP contribution in [0.4, 0.5) is 0 Å². The van der Waals surface area contributed by atoms with Crippen molar-refractivity contribution in [1.29, 1.82) is 0 Å². The number of quaternary nitrogens is 1. The molecule has 0 unspecified atom stereocenters. The zero-order chi connectivity index (χ0) is 23.7. The fourth-order valence-corrected chi connectivity index (χ4v) is 4.71. The SMILES string of the molecule is COc1ccccc1[C@@H]1C(=C(O)c2ccc3c(c2)OCO3)C(=O)C(=O)N1CC[NH+]1CCOCC1. The van der Waals surface area contributed by atoms with Crippen LogP contribution in [-0.2, 0) is 14.3 Å². The zero-order valence-corrected chi connectivity index (χ0v) is 18.9. The highest BCUT2D eigenvalue weighted by Gasteiger charge is 2.47. The molecule has 9 heteroatoms. The highest BCUT2D eigenvalue weighted by atomic mass is 16.7. The van der Waals surface area contributed by atoms with Crippen LogP contribution in [-0.4, -0.2) is 75.0 Å². The van der Waals surface area contributed by atoms with E-state index in [-0.39, 0.29) is 18.1 Å². The molecule has 0 spiro atoms. The smallest absolute Gasteiger partial charge is 0.295 e. The number of methoxy groups -OCH3 is 1. The predicted octanol–water partition coefficient (Wildman–Crippen LogP) is 0.761. The first kappa shape index (κ1) is 22.2. The van der Waals surface area contributed by atoms with Crippen molar-refractivity contribution in [2.24, 2.45) is 0 Å². The summed E-state index contributed by atoms with van der Waals surface area (Å²) in [6.07, 6.45) is 0. The number of aliphatic hydroxyl groups is 1. The van der Waals surface area contributed by atoms with Gasteiger partial charge in [-0.25, -0.2) is 0 Å². The molecule has 1 amide bonds. The molecule has 2 fully saturated rings. The Labute approximate surface area is 197 Å². The number of morpholine rings is 1. The van der Waals surface area contributed by atoms with Crippen LogP contribution < -0.4 is 19.1 Å². The number of fused-ring (bicyclic) bond motifs is 1. The van der Waals surface area contributed by atoms with E-state index >= 15 is 0 Å². The van der Waals surface area contributed by atoms with Gasteiger partial charge in [0.25, 0.3) is 11.7 Å². The molecule has 3 aliphatic heterocycles. The number of nitrogens with zero attached hydrogens (tertiary/aromatic N) is 1. The number of ketones is 1. The largest absolute Gasteiger partial charge is 0.507 e. The first-order valence-electron chi connectivity index (χ1n) is 11.3. The number of likely N-dealkylation sites (tertiary alicyclic amines) is 1. The lowest BCUT2D eigenvalue weighted by Gasteiger charge is -2.29. The third-order valence-electron chi connectivity index (χ3n) is 6.53. The Hall–Kier alpha value is -3.56. The van der Waals surface area contributed by atoms with Crippen molar-refractivity contribution >= 4 is 17.4 Å². The van der Waals surface area contributed by atoms with Crippen LogP contribution in [0.5, 0.6) is 17.2 Å². The number of carbonyl (C=O) groups is 2. The van der Waals surface area contributed by atoms with Crippen molar-refractivity contribution in [1.82, 2.24) is 4.90 Å². The van der Waals surface area contributed by atoms with Gasteiger partial charge in [0.05, 0.1) is 45.0 Å². The molecular weight excluding hydrogens is 440 g/mol. The summed E-state index contributed by atoms with van der Waals surface area (Å²) in [6, 6.07) is 11.4. The molecule has 0 aliphatic carbocycles.